The van der Waals surface area contributed by atoms with Gasteiger partial charge in [0.05, 0.1) is 4.90 Å². The van der Waals surface area contributed by atoms with Gasteiger partial charge >= 0.3 is 0 Å². The van der Waals surface area contributed by atoms with Crippen molar-refractivity contribution in [1.82, 2.24) is 9.38 Å². The number of nitriles is 1. The standard InChI is InChI=1S/C25H19N3O4S/c1-17-11-12-22(18(2)14-17)32-24-21(25(29)28-13-7-6-10-23(28)27-24)15-20(16-26)33(30,31)19-8-4-3-5-9-19/h3-15H,1-2H3/b20-15+. The van der Waals surface area contributed by atoms with Crippen molar-refractivity contribution in [2.75, 3.05) is 0 Å². The monoisotopic (exact) mass is 457 g/mol. The van der Waals surface area contributed by atoms with Crippen LogP contribution in [0.25, 0.3) is 11.7 Å². The minimum atomic E-state index is -4.15. The van der Waals surface area contributed by atoms with Crippen molar-refractivity contribution in [1.29, 1.82) is 5.26 Å². The number of sulfone groups is 1. The molecule has 0 aliphatic carbocycles. The highest BCUT2D eigenvalue weighted by atomic mass is 32.2. The predicted octanol–water partition coefficient (Wildman–Crippen LogP) is 4.44. The summed E-state index contributed by atoms with van der Waals surface area (Å²) >= 11 is 0. The molecule has 0 unspecified atom stereocenters. The van der Waals surface area contributed by atoms with Gasteiger partial charge in [0, 0.05) is 6.20 Å². The molecule has 0 fully saturated rings. The smallest absolute Gasteiger partial charge is 0.269 e. The number of hydrogen-bond donors (Lipinski definition) is 0. The van der Waals surface area contributed by atoms with E-state index in [9.17, 15) is 18.5 Å². The molecular formula is C25H19N3O4S. The lowest BCUT2D eigenvalue weighted by molar-refractivity contribution is 0.457. The van der Waals surface area contributed by atoms with Gasteiger partial charge in [-0.25, -0.2) is 8.42 Å². The summed E-state index contributed by atoms with van der Waals surface area (Å²) in [5.41, 5.74) is 1.47. The van der Waals surface area contributed by atoms with Crippen LogP contribution in [0.5, 0.6) is 11.6 Å². The van der Waals surface area contributed by atoms with Crippen LogP contribution in [0.3, 0.4) is 0 Å². The van der Waals surface area contributed by atoms with E-state index in [1.165, 1.54) is 22.7 Å². The van der Waals surface area contributed by atoms with E-state index in [4.69, 9.17) is 4.74 Å². The van der Waals surface area contributed by atoms with Crippen LogP contribution in [0, 0.1) is 25.2 Å². The highest BCUT2D eigenvalue weighted by Crippen LogP contribution is 2.29. The average molecular weight is 458 g/mol. The van der Waals surface area contributed by atoms with Crippen molar-refractivity contribution in [3.05, 3.63) is 105 Å². The van der Waals surface area contributed by atoms with Crippen LogP contribution < -0.4 is 10.3 Å². The molecule has 33 heavy (non-hydrogen) atoms. The Morgan fingerprint density at radius 1 is 1.06 bits per heavy atom. The Labute approximate surface area is 190 Å². The van der Waals surface area contributed by atoms with Crippen LogP contribution in [0.1, 0.15) is 16.7 Å². The second kappa shape index (κ2) is 8.73. The number of hydrogen-bond acceptors (Lipinski definition) is 6. The summed E-state index contributed by atoms with van der Waals surface area (Å²) in [6, 6.07) is 19.8. The first-order valence-electron chi connectivity index (χ1n) is 9.99. The second-order valence-electron chi connectivity index (χ2n) is 7.37. The van der Waals surface area contributed by atoms with Gasteiger partial charge in [-0.1, -0.05) is 42.0 Å². The van der Waals surface area contributed by atoms with Crippen LogP contribution >= 0.6 is 0 Å². The third-order valence-electron chi connectivity index (χ3n) is 5.00. The van der Waals surface area contributed by atoms with Crippen LogP contribution in [0.4, 0.5) is 0 Å². The highest BCUT2D eigenvalue weighted by Gasteiger charge is 2.23. The molecule has 164 valence electrons. The maximum Gasteiger partial charge on any atom is 0.269 e. The SMILES string of the molecule is Cc1ccc(Oc2nc3ccccn3c(=O)c2/C=C(\C#N)S(=O)(=O)c2ccccc2)c(C)c1. The summed E-state index contributed by atoms with van der Waals surface area (Å²) in [6.45, 7) is 3.80. The number of allylic oxidation sites excluding steroid dienone is 1. The van der Waals surface area contributed by atoms with Gasteiger partial charge in [-0.2, -0.15) is 10.2 Å². The third-order valence-corrected chi connectivity index (χ3v) is 6.68. The van der Waals surface area contributed by atoms with Crippen LogP contribution in [0.15, 0.2) is 87.5 Å². The fourth-order valence-corrected chi connectivity index (χ4v) is 4.49. The van der Waals surface area contributed by atoms with E-state index in [1.54, 1.807) is 48.5 Å². The summed E-state index contributed by atoms with van der Waals surface area (Å²) in [5.74, 6) is 0.376. The zero-order chi connectivity index (χ0) is 23.6. The molecular weight excluding hydrogens is 438 g/mol. The third kappa shape index (κ3) is 4.27. The Kier molecular flexibility index (Phi) is 5.82. The first kappa shape index (κ1) is 22.0. The molecule has 0 N–H and O–H groups in total. The minimum Gasteiger partial charge on any atom is -0.438 e. The normalized spacial score (nSPS) is 11.8. The molecule has 8 heteroatoms. The van der Waals surface area contributed by atoms with Crippen molar-refractivity contribution >= 4 is 21.6 Å². The number of fused-ring (bicyclic) bond motifs is 1. The zero-order valence-corrected chi connectivity index (χ0v) is 18.7. The van der Waals surface area contributed by atoms with E-state index in [2.05, 4.69) is 4.98 Å². The molecule has 0 aliphatic heterocycles. The van der Waals surface area contributed by atoms with Gasteiger partial charge in [-0.05, 0) is 55.8 Å². The van der Waals surface area contributed by atoms with E-state index in [-0.39, 0.29) is 16.3 Å². The molecule has 0 amide bonds. The van der Waals surface area contributed by atoms with Crippen molar-refractivity contribution in [3.8, 4) is 17.7 Å². The molecule has 0 spiro atoms. The molecule has 4 rings (SSSR count). The van der Waals surface area contributed by atoms with Gasteiger partial charge in [0.2, 0.25) is 15.7 Å². The molecule has 0 atom stereocenters. The van der Waals surface area contributed by atoms with Crippen molar-refractivity contribution in [2.45, 2.75) is 18.7 Å². The maximum absolute atomic E-state index is 13.3. The van der Waals surface area contributed by atoms with Crippen molar-refractivity contribution in [3.63, 3.8) is 0 Å². The molecule has 4 aromatic rings. The minimum absolute atomic E-state index is 0.0523. The summed E-state index contributed by atoms with van der Waals surface area (Å²) in [7, 11) is -4.15. The topological polar surface area (TPSA) is 102 Å². The lowest BCUT2D eigenvalue weighted by Crippen LogP contribution is -2.19. The summed E-state index contributed by atoms with van der Waals surface area (Å²) < 4.78 is 33.3. The lowest BCUT2D eigenvalue weighted by atomic mass is 10.1. The Morgan fingerprint density at radius 2 is 1.79 bits per heavy atom. The van der Waals surface area contributed by atoms with Crippen LogP contribution in [-0.4, -0.2) is 17.8 Å². The first-order valence-corrected chi connectivity index (χ1v) is 11.5. The number of aromatic nitrogens is 2. The van der Waals surface area contributed by atoms with E-state index in [0.29, 0.717) is 11.4 Å². The molecule has 0 radical (unpaired) electrons. The van der Waals surface area contributed by atoms with E-state index >= 15 is 0 Å². The number of nitrogens with zero attached hydrogens (tertiary/aromatic N) is 3. The predicted molar refractivity (Wildman–Crippen MR) is 125 cm³/mol. The number of benzene rings is 2. The van der Waals surface area contributed by atoms with Crippen LogP contribution in [-0.2, 0) is 9.84 Å². The maximum atomic E-state index is 13.3. The van der Waals surface area contributed by atoms with Gasteiger partial charge < -0.3 is 4.74 Å². The quantitative estimate of drug-likeness (QED) is 0.411. The summed E-state index contributed by atoms with van der Waals surface area (Å²) in [4.78, 5) is 17.1. The summed E-state index contributed by atoms with van der Waals surface area (Å²) in [5, 5.41) is 9.68. The average Bonchev–Trinajstić information content (AvgIpc) is 2.81. The first-order chi connectivity index (χ1) is 15.8. The lowest BCUT2D eigenvalue weighted by Gasteiger charge is -2.12. The molecule has 0 bridgehead atoms. The molecule has 2 heterocycles. The fourth-order valence-electron chi connectivity index (χ4n) is 3.33. The zero-order valence-electron chi connectivity index (χ0n) is 17.9. The fraction of sp³-hybridized carbons (Fsp3) is 0.0800. The largest absolute Gasteiger partial charge is 0.438 e. The highest BCUT2D eigenvalue weighted by molar-refractivity contribution is 7.95. The Morgan fingerprint density at radius 3 is 2.48 bits per heavy atom. The van der Waals surface area contributed by atoms with E-state index in [0.717, 1.165) is 17.2 Å². The van der Waals surface area contributed by atoms with E-state index < -0.39 is 20.3 Å². The molecule has 0 saturated carbocycles. The Hall–Kier alpha value is -4.22. The summed E-state index contributed by atoms with van der Waals surface area (Å²) in [6.07, 6.45) is 2.54. The second-order valence-corrected chi connectivity index (χ2v) is 9.29. The Balaban J connectivity index is 1.95. The van der Waals surface area contributed by atoms with Gasteiger partial charge in [-0.3, -0.25) is 9.20 Å². The van der Waals surface area contributed by atoms with Crippen molar-refractivity contribution < 1.29 is 13.2 Å². The number of ether oxygens (including phenoxy) is 1. The number of aryl methyl sites for hydroxylation is 2. The number of pyridine rings is 1. The van der Waals surface area contributed by atoms with Gasteiger partial charge in [0.25, 0.3) is 5.56 Å². The van der Waals surface area contributed by atoms with Crippen LogP contribution in [0.2, 0.25) is 0 Å². The van der Waals surface area contributed by atoms with Crippen molar-refractivity contribution in [2.24, 2.45) is 0 Å². The molecule has 7 nitrogen and oxygen atoms in total. The molecule has 0 saturated heterocycles. The number of rotatable bonds is 5. The molecule has 2 aromatic carbocycles. The van der Waals surface area contributed by atoms with Gasteiger partial charge in [-0.15, -0.1) is 0 Å². The Bertz CT molecular complexity index is 1600. The van der Waals surface area contributed by atoms with Gasteiger partial charge in [0.1, 0.15) is 27.9 Å². The molecule has 2 aromatic heterocycles. The van der Waals surface area contributed by atoms with Gasteiger partial charge in [0.15, 0.2) is 0 Å². The molecule has 0 aliphatic rings. The van der Waals surface area contributed by atoms with E-state index in [1.807, 2.05) is 26.0 Å².